The van der Waals surface area contributed by atoms with Crippen LogP contribution in [0.2, 0.25) is 0 Å². The van der Waals surface area contributed by atoms with Gasteiger partial charge in [-0.25, -0.2) is 0 Å². The van der Waals surface area contributed by atoms with E-state index in [2.05, 4.69) is 29.2 Å². The van der Waals surface area contributed by atoms with E-state index in [4.69, 9.17) is 4.74 Å². The van der Waals surface area contributed by atoms with E-state index in [9.17, 15) is 10.2 Å². The van der Waals surface area contributed by atoms with E-state index >= 15 is 0 Å². The van der Waals surface area contributed by atoms with Crippen molar-refractivity contribution < 1.29 is 14.9 Å². The van der Waals surface area contributed by atoms with E-state index in [1.807, 2.05) is 43.3 Å². The Kier molecular flexibility index (Phi) is 5.54. The third-order valence-electron chi connectivity index (χ3n) is 4.89. The fraction of sp³-hybridized carbons (Fsp3) is 0.429. The van der Waals surface area contributed by atoms with Crippen molar-refractivity contribution in [2.24, 2.45) is 0 Å². The van der Waals surface area contributed by atoms with E-state index in [0.29, 0.717) is 13.1 Å². The number of hydrogen-bond donors (Lipinski definition) is 2. The first-order valence-electron chi connectivity index (χ1n) is 8.83. The second kappa shape index (κ2) is 7.67. The molecule has 134 valence electrons. The molecule has 1 fully saturated rings. The standard InChI is InChI=1S/C21H27NO3/c1-16-20(21(2,24)13-19(23)25-16)22(14-17-9-5-3-6-10-17)15-18-11-7-4-8-12-18/h3-12,16,19-20,23-24H,13-15H2,1-2H3/t16?,19-,20?,21+/m0/s1. The maximum atomic E-state index is 11.0. The van der Waals surface area contributed by atoms with Gasteiger partial charge in [0.2, 0.25) is 0 Å². The van der Waals surface area contributed by atoms with Gasteiger partial charge in [-0.2, -0.15) is 0 Å². The fourth-order valence-electron chi connectivity index (χ4n) is 3.93. The predicted octanol–water partition coefficient (Wildman–Crippen LogP) is 2.94. The SMILES string of the molecule is CC1O[C@H](O)C[C@@](C)(O)C1N(Cc1ccccc1)Cc1ccccc1. The summed E-state index contributed by atoms with van der Waals surface area (Å²) in [7, 11) is 0. The average molecular weight is 341 g/mol. The predicted molar refractivity (Wildman–Crippen MR) is 97.7 cm³/mol. The Hall–Kier alpha value is -1.72. The van der Waals surface area contributed by atoms with Crippen LogP contribution in [-0.2, 0) is 17.8 Å². The Morgan fingerprint density at radius 3 is 1.92 bits per heavy atom. The summed E-state index contributed by atoms with van der Waals surface area (Å²) >= 11 is 0. The van der Waals surface area contributed by atoms with Gasteiger partial charge in [-0.05, 0) is 25.0 Å². The zero-order valence-electron chi connectivity index (χ0n) is 14.9. The highest BCUT2D eigenvalue weighted by molar-refractivity contribution is 5.18. The Bertz CT molecular complexity index is 618. The molecule has 1 aliphatic rings. The Morgan fingerprint density at radius 1 is 1.00 bits per heavy atom. The maximum Gasteiger partial charge on any atom is 0.157 e. The highest BCUT2D eigenvalue weighted by Gasteiger charge is 2.46. The highest BCUT2D eigenvalue weighted by Crippen LogP contribution is 2.33. The molecule has 3 rings (SSSR count). The number of nitrogens with zero attached hydrogens (tertiary/aromatic N) is 1. The van der Waals surface area contributed by atoms with Crippen LogP contribution >= 0.6 is 0 Å². The molecule has 1 saturated heterocycles. The lowest BCUT2D eigenvalue weighted by molar-refractivity contribution is -0.244. The minimum Gasteiger partial charge on any atom is -0.388 e. The van der Waals surface area contributed by atoms with Gasteiger partial charge in [-0.3, -0.25) is 4.90 Å². The Balaban J connectivity index is 1.89. The van der Waals surface area contributed by atoms with Crippen LogP contribution < -0.4 is 0 Å². The van der Waals surface area contributed by atoms with Crippen molar-refractivity contribution in [1.82, 2.24) is 4.90 Å². The summed E-state index contributed by atoms with van der Waals surface area (Å²) < 4.78 is 5.64. The third-order valence-corrected chi connectivity index (χ3v) is 4.89. The minimum atomic E-state index is -1.03. The van der Waals surface area contributed by atoms with Gasteiger partial charge in [-0.1, -0.05) is 60.7 Å². The normalized spacial score (nSPS) is 29.7. The van der Waals surface area contributed by atoms with Gasteiger partial charge < -0.3 is 14.9 Å². The van der Waals surface area contributed by atoms with E-state index in [0.717, 1.165) is 0 Å². The number of aliphatic hydroxyl groups excluding tert-OH is 1. The van der Waals surface area contributed by atoms with Crippen molar-refractivity contribution in [3.8, 4) is 0 Å². The number of ether oxygens (including phenoxy) is 1. The molecular formula is C21H27NO3. The van der Waals surface area contributed by atoms with Gasteiger partial charge in [0.1, 0.15) is 0 Å². The van der Waals surface area contributed by atoms with Crippen molar-refractivity contribution in [1.29, 1.82) is 0 Å². The summed E-state index contributed by atoms with van der Waals surface area (Å²) in [6, 6.07) is 20.3. The second-order valence-corrected chi connectivity index (χ2v) is 7.18. The first-order valence-corrected chi connectivity index (χ1v) is 8.83. The summed E-state index contributed by atoms with van der Waals surface area (Å²) in [4.78, 5) is 2.25. The third kappa shape index (κ3) is 4.47. The smallest absolute Gasteiger partial charge is 0.157 e. The molecule has 0 radical (unpaired) electrons. The number of aliphatic hydroxyl groups is 2. The number of hydrogen-bond acceptors (Lipinski definition) is 4. The summed E-state index contributed by atoms with van der Waals surface area (Å²) in [5, 5.41) is 20.9. The molecule has 2 unspecified atom stereocenters. The van der Waals surface area contributed by atoms with Crippen molar-refractivity contribution in [3.63, 3.8) is 0 Å². The lowest BCUT2D eigenvalue weighted by Gasteiger charge is -2.48. The molecule has 1 aliphatic heterocycles. The first kappa shape index (κ1) is 18.1. The minimum absolute atomic E-state index is 0.210. The molecule has 25 heavy (non-hydrogen) atoms. The van der Waals surface area contributed by atoms with Gasteiger partial charge in [0, 0.05) is 19.5 Å². The van der Waals surface area contributed by atoms with Gasteiger partial charge in [0.25, 0.3) is 0 Å². The monoisotopic (exact) mass is 341 g/mol. The lowest BCUT2D eigenvalue weighted by atomic mass is 9.84. The van der Waals surface area contributed by atoms with Crippen LogP contribution in [0.15, 0.2) is 60.7 Å². The van der Waals surface area contributed by atoms with Gasteiger partial charge in [-0.15, -0.1) is 0 Å². The van der Waals surface area contributed by atoms with Crippen LogP contribution in [0, 0.1) is 0 Å². The van der Waals surface area contributed by atoms with E-state index in [1.165, 1.54) is 11.1 Å². The molecule has 4 nitrogen and oxygen atoms in total. The molecule has 0 bridgehead atoms. The van der Waals surface area contributed by atoms with Crippen molar-refractivity contribution in [2.45, 2.75) is 57.4 Å². The molecule has 1 heterocycles. The summed E-state index contributed by atoms with van der Waals surface area (Å²) in [6.07, 6.45) is -0.982. The van der Waals surface area contributed by atoms with Gasteiger partial charge in [0.05, 0.1) is 17.7 Å². The molecule has 2 aromatic carbocycles. The molecule has 4 heteroatoms. The summed E-state index contributed by atoms with van der Waals surface area (Å²) in [5.74, 6) is 0. The lowest BCUT2D eigenvalue weighted by Crippen LogP contribution is -2.61. The molecule has 4 atom stereocenters. The topological polar surface area (TPSA) is 52.9 Å². The van der Waals surface area contributed by atoms with Crippen molar-refractivity contribution >= 4 is 0 Å². The van der Waals surface area contributed by atoms with Crippen LogP contribution in [0.5, 0.6) is 0 Å². The second-order valence-electron chi connectivity index (χ2n) is 7.18. The van der Waals surface area contributed by atoms with Crippen LogP contribution in [0.25, 0.3) is 0 Å². The molecule has 0 amide bonds. The molecular weight excluding hydrogens is 314 g/mol. The van der Waals surface area contributed by atoms with Gasteiger partial charge >= 0.3 is 0 Å². The summed E-state index contributed by atoms with van der Waals surface area (Å²) in [6.45, 7) is 5.13. The van der Waals surface area contributed by atoms with E-state index in [-0.39, 0.29) is 18.6 Å². The first-order chi connectivity index (χ1) is 12.0. The zero-order valence-corrected chi connectivity index (χ0v) is 14.9. The highest BCUT2D eigenvalue weighted by atomic mass is 16.6. The molecule has 0 spiro atoms. The summed E-state index contributed by atoms with van der Waals surface area (Å²) in [5.41, 5.74) is 1.35. The number of benzene rings is 2. The Labute approximate surface area is 149 Å². The zero-order chi connectivity index (χ0) is 17.9. The van der Waals surface area contributed by atoms with Crippen LogP contribution in [-0.4, -0.2) is 39.1 Å². The Morgan fingerprint density at radius 2 is 1.48 bits per heavy atom. The van der Waals surface area contributed by atoms with Crippen LogP contribution in [0.3, 0.4) is 0 Å². The average Bonchev–Trinajstić information content (AvgIpc) is 2.55. The molecule has 2 aromatic rings. The number of rotatable bonds is 5. The van der Waals surface area contributed by atoms with E-state index in [1.54, 1.807) is 6.92 Å². The fourth-order valence-corrected chi connectivity index (χ4v) is 3.93. The molecule has 0 saturated carbocycles. The quantitative estimate of drug-likeness (QED) is 0.878. The van der Waals surface area contributed by atoms with Crippen LogP contribution in [0.4, 0.5) is 0 Å². The maximum absolute atomic E-state index is 11.0. The van der Waals surface area contributed by atoms with E-state index < -0.39 is 11.9 Å². The largest absolute Gasteiger partial charge is 0.388 e. The van der Waals surface area contributed by atoms with Crippen LogP contribution in [0.1, 0.15) is 31.4 Å². The molecule has 0 aromatic heterocycles. The molecule has 2 N–H and O–H groups in total. The van der Waals surface area contributed by atoms with Crippen molar-refractivity contribution in [2.75, 3.05) is 0 Å². The van der Waals surface area contributed by atoms with Crippen molar-refractivity contribution in [3.05, 3.63) is 71.8 Å². The van der Waals surface area contributed by atoms with Gasteiger partial charge in [0.15, 0.2) is 6.29 Å². The molecule has 0 aliphatic carbocycles.